The first kappa shape index (κ1) is 11.4. The number of hydrogen-bond donors (Lipinski definition) is 2. The molecule has 5 heteroatoms. The van der Waals surface area contributed by atoms with Crippen LogP contribution in [0.5, 0.6) is 0 Å². The smallest absolute Gasteiger partial charge is 0.303 e. The lowest BCUT2D eigenvalue weighted by atomic mass is 9.91. The van der Waals surface area contributed by atoms with Gasteiger partial charge in [0, 0.05) is 25.3 Å². The zero-order chi connectivity index (χ0) is 10.6. The van der Waals surface area contributed by atoms with Crippen LogP contribution in [0, 0.1) is 5.92 Å². The second-order valence-electron chi connectivity index (χ2n) is 3.68. The number of rotatable bonds is 3. The van der Waals surface area contributed by atoms with Crippen LogP contribution in [0.1, 0.15) is 25.7 Å². The molecule has 1 aliphatic rings. The molecule has 1 atom stereocenters. The molecule has 82 valence electrons. The van der Waals surface area contributed by atoms with Crippen molar-refractivity contribution >= 4 is 5.97 Å². The average Bonchev–Trinajstić information content (AvgIpc) is 2.23. The topological polar surface area (TPSA) is 49.3 Å². The van der Waals surface area contributed by atoms with Gasteiger partial charge in [0.2, 0.25) is 0 Å². The summed E-state index contributed by atoms with van der Waals surface area (Å²) in [6, 6.07) is 0. The quantitative estimate of drug-likeness (QED) is 0.737. The van der Waals surface area contributed by atoms with Gasteiger partial charge in [0.1, 0.15) is 0 Å². The summed E-state index contributed by atoms with van der Waals surface area (Å²) in [6.45, 7) is 0.871. The van der Waals surface area contributed by atoms with Crippen molar-refractivity contribution in [2.45, 2.75) is 31.6 Å². The van der Waals surface area contributed by atoms with E-state index < -0.39 is 17.8 Å². The van der Waals surface area contributed by atoms with Crippen LogP contribution in [0.3, 0.4) is 0 Å². The molecule has 0 saturated carbocycles. The number of carboxylic acids is 1. The molecule has 1 heterocycles. The van der Waals surface area contributed by atoms with E-state index in [-0.39, 0.29) is 19.3 Å². The maximum Gasteiger partial charge on any atom is 0.303 e. The van der Waals surface area contributed by atoms with E-state index in [0.29, 0.717) is 19.5 Å². The first-order chi connectivity index (χ1) is 6.52. The molecule has 0 bridgehead atoms. The van der Waals surface area contributed by atoms with Crippen molar-refractivity contribution in [3.8, 4) is 0 Å². The first-order valence-corrected chi connectivity index (χ1v) is 4.83. The summed E-state index contributed by atoms with van der Waals surface area (Å²) in [6.07, 6.45) is 0.0852. The molecule has 3 nitrogen and oxygen atoms in total. The lowest BCUT2D eigenvalue weighted by Gasteiger charge is -2.23. The van der Waals surface area contributed by atoms with Crippen molar-refractivity contribution in [1.29, 1.82) is 0 Å². The van der Waals surface area contributed by atoms with Crippen LogP contribution in [-0.2, 0) is 4.79 Å². The molecule has 14 heavy (non-hydrogen) atoms. The van der Waals surface area contributed by atoms with E-state index in [1.807, 2.05) is 0 Å². The molecule has 1 rings (SSSR count). The van der Waals surface area contributed by atoms with Crippen LogP contribution in [0.4, 0.5) is 8.78 Å². The van der Waals surface area contributed by atoms with Crippen LogP contribution in [0.2, 0.25) is 0 Å². The average molecular weight is 207 g/mol. The van der Waals surface area contributed by atoms with Crippen molar-refractivity contribution in [3.63, 3.8) is 0 Å². The van der Waals surface area contributed by atoms with E-state index in [4.69, 9.17) is 5.11 Å². The third-order valence-corrected chi connectivity index (χ3v) is 2.61. The minimum Gasteiger partial charge on any atom is -0.481 e. The third kappa shape index (κ3) is 3.21. The highest BCUT2D eigenvalue weighted by molar-refractivity contribution is 5.66. The lowest BCUT2D eigenvalue weighted by molar-refractivity contribution is -0.138. The van der Waals surface area contributed by atoms with E-state index in [1.54, 1.807) is 0 Å². The molecule has 1 saturated heterocycles. The van der Waals surface area contributed by atoms with Gasteiger partial charge in [-0.05, 0) is 19.4 Å². The first-order valence-electron chi connectivity index (χ1n) is 4.83. The molecule has 0 amide bonds. The van der Waals surface area contributed by atoms with Crippen LogP contribution in [0.15, 0.2) is 0 Å². The number of halogens is 2. The normalized spacial score (nSPS) is 26.9. The second-order valence-corrected chi connectivity index (χ2v) is 3.68. The maximum atomic E-state index is 13.3. The van der Waals surface area contributed by atoms with Crippen LogP contribution >= 0.6 is 0 Å². The second kappa shape index (κ2) is 4.68. The van der Waals surface area contributed by atoms with Gasteiger partial charge < -0.3 is 10.4 Å². The fourth-order valence-corrected chi connectivity index (χ4v) is 1.72. The van der Waals surface area contributed by atoms with Gasteiger partial charge in [-0.3, -0.25) is 4.79 Å². The fourth-order valence-electron chi connectivity index (χ4n) is 1.72. The van der Waals surface area contributed by atoms with Crippen molar-refractivity contribution in [3.05, 3.63) is 0 Å². The van der Waals surface area contributed by atoms with Crippen LogP contribution in [0.25, 0.3) is 0 Å². The SMILES string of the molecule is O=C(O)CCC1CCNCCC1(F)F. The minimum absolute atomic E-state index is 0.0734. The van der Waals surface area contributed by atoms with Gasteiger partial charge in [0.05, 0.1) is 0 Å². The molecule has 2 N–H and O–H groups in total. The minimum atomic E-state index is -2.71. The Morgan fingerprint density at radius 2 is 2.21 bits per heavy atom. The highest BCUT2D eigenvalue weighted by Crippen LogP contribution is 2.34. The predicted octanol–water partition coefficient (Wildman–Crippen LogP) is 1.49. The Bertz CT molecular complexity index is 209. The monoisotopic (exact) mass is 207 g/mol. The fraction of sp³-hybridized carbons (Fsp3) is 0.889. The summed E-state index contributed by atoms with van der Waals surface area (Å²) in [5.41, 5.74) is 0. The van der Waals surface area contributed by atoms with Crippen LogP contribution < -0.4 is 5.32 Å². The van der Waals surface area contributed by atoms with Crippen molar-refractivity contribution < 1.29 is 18.7 Å². The Labute approximate surface area is 81.5 Å². The van der Waals surface area contributed by atoms with Gasteiger partial charge in [0.25, 0.3) is 5.92 Å². The molecule has 0 spiro atoms. The van der Waals surface area contributed by atoms with E-state index >= 15 is 0 Å². The number of hydrogen-bond acceptors (Lipinski definition) is 2. The zero-order valence-electron chi connectivity index (χ0n) is 7.93. The Balaban J connectivity index is 2.49. The molecular weight excluding hydrogens is 192 g/mol. The molecular formula is C9H15F2NO2. The molecule has 0 aliphatic carbocycles. The van der Waals surface area contributed by atoms with Crippen molar-refractivity contribution in [1.82, 2.24) is 5.32 Å². The molecule has 1 aliphatic heterocycles. The summed E-state index contributed by atoms with van der Waals surface area (Å²) >= 11 is 0. The van der Waals surface area contributed by atoms with Crippen molar-refractivity contribution in [2.24, 2.45) is 5.92 Å². The molecule has 1 unspecified atom stereocenters. The number of aliphatic carboxylic acids is 1. The van der Waals surface area contributed by atoms with Gasteiger partial charge in [-0.25, -0.2) is 8.78 Å². The molecule has 0 aromatic rings. The largest absolute Gasteiger partial charge is 0.481 e. The van der Waals surface area contributed by atoms with E-state index in [9.17, 15) is 13.6 Å². The summed E-state index contributed by atoms with van der Waals surface area (Å²) in [7, 11) is 0. The lowest BCUT2D eigenvalue weighted by Crippen LogP contribution is -2.28. The maximum absolute atomic E-state index is 13.3. The highest BCUT2D eigenvalue weighted by atomic mass is 19.3. The molecule has 0 aromatic heterocycles. The Kier molecular flexibility index (Phi) is 3.80. The van der Waals surface area contributed by atoms with Crippen LogP contribution in [-0.4, -0.2) is 30.1 Å². The van der Waals surface area contributed by atoms with Crippen molar-refractivity contribution in [2.75, 3.05) is 13.1 Å². The van der Waals surface area contributed by atoms with E-state index in [1.165, 1.54) is 0 Å². The summed E-state index contributed by atoms with van der Waals surface area (Å²) in [5.74, 6) is -4.49. The van der Waals surface area contributed by atoms with Gasteiger partial charge >= 0.3 is 5.97 Å². The summed E-state index contributed by atoms with van der Waals surface area (Å²) in [4.78, 5) is 10.3. The Hall–Kier alpha value is -0.710. The molecule has 0 aromatic carbocycles. The predicted molar refractivity (Wildman–Crippen MR) is 47.4 cm³/mol. The number of nitrogens with one attached hydrogen (secondary N) is 1. The third-order valence-electron chi connectivity index (χ3n) is 2.61. The molecule has 1 fully saturated rings. The number of alkyl halides is 2. The number of carboxylic acid groups (broad SMARTS) is 1. The van der Waals surface area contributed by atoms with E-state index in [0.717, 1.165) is 0 Å². The standard InChI is InChI=1S/C9H15F2NO2/c10-9(11)4-6-12-5-3-7(9)1-2-8(13)14/h7,12H,1-6H2,(H,13,14). The summed E-state index contributed by atoms with van der Waals surface area (Å²) < 4.78 is 26.7. The summed E-state index contributed by atoms with van der Waals surface area (Å²) in [5, 5.41) is 11.3. The van der Waals surface area contributed by atoms with Gasteiger partial charge in [-0.2, -0.15) is 0 Å². The number of carbonyl (C=O) groups is 1. The van der Waals surface area contributed by atoms with Gasteiger partial charge in [-0.15, -0.1) is 0 Å². The van der Waals surface area contributed by atoms with Gasteiger partial charge in [-0.1, -0.05) is 0 Å². The van der Waals surface area contributed by atoms with Gasteiger partial charge in [0.15, 0.2) is 0 Å². The highest BCUT2D eigenvalue weighted by Gasteiger charge is 2.39. The van der Waals surface area contributed by atoms with E-state index in [2.05, 4.69) is 5.32 Å². The Morgan fingerprint density at radius 1 is 1.50 bits per heavy atom. The molecule has 0 radical (unpaired) electrons. The zero-order valence-corrected chi connectivity index (χ0v) is 7.93. The Morgan fingerprint density at radius 3 is 2.86 bits per heavy atom.